The van der Waals surface area contributed by atoms with Crippen molar-refractivity contribution in [3.63, 3.8) is 0 Å². The van der Waals surface area contributed by atoms with Crippen LogP contribution in [0.5, 0.6) is 0 Å². The summed E-state index contributed by atoms with van der Waals surface area (Å²) in [5.41, 5.74) is 1.20. The number of hydrogen-bond acceptors (Lipinski definition) is 3. The topological polar surface area (TPSA) is 35.5 Å². The number of esters is 1. The SMILES string of the molecule is CCCC/C=C\[C@@H]1C(=O)O[C@H]1C[C@@H](CCCCCCCCCCC)OCc1ccccc1. The Morgan fingerprint density at radius 1 is 0.906 bits per heavy atom. The highest BCUT2D eigenvalue weighted by molar-refractivity contribution is 5.80. The first-order chi connectivity index (χ1) is 15.7. The molecule has 0 amide bonds. The summed E-state index contributed by atoms with van der Waals surface area (Å²) in [4.78, 5) is 12.0. The van der Waals surface area contributed by atoms with Crippen molar-refractivity contribution in [3.05, 3.63) is 48.0 Å². The van der Waals surface area contributed by atoms with Gasteiger partial charge in [0.05, 0.1) is 12.7 Å². The molecule has 0 N–H and O–H groups in total. The quantitative estimate of drug-likeness (QED) is 0.123. The van der Waals surface area contributed by atoms with Crippen LogP contribution in [0.1, 0.15) is 109 Å². The fourth-order valence-electron chi connectivity index (χ4n) is 4.34. The molecule has 0 spiro atoms. The molecule has 1 fully saturated rings. The van der Waals surface area contributed by atoms with E-state index in [0.29, 0.717) is 6.61 Å². The third-order valence-corrected chi connectivity index (χ3v) is 6.46. The summed E-state index contributed by atoms with van der Waals surface area (Å²) in [7, 11) is 0. The minimum atomic E-state index is -0.0854. The van der Waals surface area contributed by atoms with E-state index in [1.807, 2.05) is 6.07 Å². The van der Waals surface area contributed by atoms with Gasteiger partial charge in [0.15, 0.2) is 0 Å². The monoisotopic (exact) mass is 442 g/mol. The average molecular weight is 443 g/mol. The van der Waals surface area contributed by atoms with Crippen LogP contribution in [0.25, 0.3) is 0 Å². The summed E-state index contributed by atoms with van der Waals surface area (Å²) in [5.74, 6) is -0.162. The van der Waals surface area contributed by atoms with E-state index < -0.39 is 0 Å². The van der Waals surface area contributed by atoms with Crippen molar-refractivity contribution in [1.82, 2.24) is 0 Å². The molecule has 1 aromatic rings. The van der Waals surface area contributed by atoms with Gasteiger partial charge in [0.1, 0.15) is 12.0 Å². The van der Waals surface area contributed by atoms with Gasteiger partial charge in [0, 0.05) is 6.42 Å². The fourth-order valence-corrected chi connectivity index (χ4v) is 4.34. The molecule has 1 heterocycles. The Balaban J connectivity index is 1.75. The predicted octanol–water partition coefficient (Wildman–Crippen LogP) is 8.17. The molecule has 2 rings (SSSR count). The van der Waals surface area contributed by atoms with Gasteiger partial charge in [0.25, 0.3) is 0 Å². The Morgan fingerprint density at radius 2 is 1.56 bits per heavy atom. The van der Waals surface area contributed by atoms with Gasteiger partial charge < -0.3 is 9.47 Å². The van der Waals surface area contributed by atoms with E-state index in [1.165, 1.54) is 76.2 Å². The highest BCUT2D eigenvalue weighted by Crippen LogP contribution is 2.30. The van der Waals surface area contributed by atoms with Crippen LogP contribution in [-0.4, -0.2) is 18.2 Å². The van der Waals surface area contributed by atoms with Gasteiger partial charge in [-0.1, -0.05) is 127 Å². The van der Waals surface area contributed by atoms with Crippen molar-refractivity contribution < 1.29 is 14.3 Å². The maximum absolute atomic E-state index is 12.0. The highest BCUT2D eigenvalue weighted by Gasteiger charge is 2.41. The van der Waals surface area contributed by atoms with Crippen LogP contribution in [0, 0.1) is 5.92 Å². The number of rotatable bonds is 19. The average Bonchev–Trinajstić information content (AvgIpc) is 2.81. The van der Waals surface area contributed by atoms with E-state index >= 15 is 0 Å². The van der Waals surface area contributed by atoms with Gasteiger partial charge in [-0.05, 0) is 18.4 Å². The molecule has 180 valence electrons. The minimum Gasteiger partial charge on any atom is -0.460 e. The first-order valence-electron chi connectivity index (χ1n) is 13.3. The van der Waals surface area contributed by atoms with Gasteiger partial charge in [0.2, 0.25) is 0 Å². The van der Waals surface area contributed by atoms with Crippen molar-refractivity contribution in [2.45, 2.75) is 123 Å². The minimum absolute atomic E-state index is 0.0280. The Morgan fingerprint density at radius 3 is 2.22 bits per heavy atom. The van der Waals surface area contributed by atoms with Crippen LogP contribution in [-0.2, 0) is 20.9 Å². The predicted molar refractivity (Wildman–Crippen MR) is 134 cm³/mol. The van der Waals surface area contributed by atoms with Crippen molar-refractivity contribution in [2.75, 3.05) is 0 Å². The van der Waals surface area contributed by atoms with Crippen LogP contribution in [0.4, 0.5) is 0 Å². The lowest BCUT2D eigenvalue weighted by Gasteiger charge is -2.35. The Kier molecular flexibility index (Phi) is 14.1. The lowest BCUT2D eigenvalue weighted by atomic mass is 9.90. The first kappa shape index (κ1) is 26.6. The Labute approximate surface area is 197 Å². The zero-order valence-electron chi connectivity index (χ0n) is 20.6. The van der Waals surface area contributed by atoms with Crippen LogP contribution < -0.4 is 0 Å². The van der Waals surface area contributed by atoms with Gasteiger partial charge in [-0.3, -0.25) is 4.79 Å². The van der Waals surface area contributed by atoms with Crippen LogP contribution in [0.3, 0.4) is 0 Å². The molecule has 1 saturated heterocycles. The van der Waals surface area contributed by atoms with E-state index in [2.05, 4.69) is 50.3 Å². The number of benzene rings is 1. The second-order valence-electron chi connectivity index (χ2n) is 9.34. The third-order valence-electron chi connectivity index (χ3n) is 6.46. The summed E-state index contributed by atoms with van der Waals surface area (Å²) in [6.07, 6.45) is 21.5. The zero-order chi connectivity index (χ0) is 22.9. The summed E-state index contributed by atoms with van der Waals surface area (Å²) in [6.45, 7) is 5.09. The summed E-state index contributed by atoms with van der Waals surface area (Å²) >= 11 is 0. The zero-order valence-corrected chi connectivity index (χ0v) is 20.6. The summed E-state index contributed by atoms with van der Waals surface area (Å²) < 4.78 is 11.8. The molecule has 3 atom stereocenters. The van der Waals surface area contributed by atoms with E-state index in [-0.39, 0.29) is 24.1 Å². The fraction of sp³-hybridized carbons (Fsp3) is 0.690. The number of ether oxygens (including phenoxy) is 2. The van der Waals surface area contributed by atoms with Gasteiger partial charge in [-0.2, -0.15) is 0 Å². The molecule has 0 bridgehead atoms. The van der Waals surface area contributed by atoms with Crippen molar-refractivity contribution in [1.29, 1.82) is 0 Å². The summed E-state index contributed by atoms with van der Waals surface area (Å²) in [5, 5.41) is 0. The molecule has 0 radical (unpaired) electrons. The van der Waals surface area contributed by atoms with Gasteiger partial charge in [-0.25, -0.2) is 0 Å². The molecule has 0 saturated carbocycles. The molecule has 1 aliphatic rings. The van der Waals surface area contributed by atoms with E-state index in [4.69, 9.17) is 9.47 Å². The highest BCUT2D eigenvalue weighted by atomic mass is 16.6. The van der Waals surface area contributed by atoms with E-state index in [0.717, 1.165) is 19.3 Å². The molecule has 0 aromatic heterocycles. The number of carbonyl (C=O) groups is 1. The molecule has 32 heavy (non-hydrogen) atoms. The smallest absolute Gasteiger partial charge is 0.316 e. The van der Waals surface area contributed by atoms with Crippen LogP contribution in [0.2, 0.25) is 0 Å². The summed E-state index contributed by atoms with van der Waals surface area (Å²) in [6, 6.07) is 10.4. The largest absolute Gasteiger partial charge is 0.460 e. The number of hydrogen-bond donors (Lipinski definition) is 0. The van der Waals surface area contributed by atoms with Crippen LogP contribution >= 0.6 is 0 Å². The van der Waals surface area contributed by atoms with E-state index in [1.54, 1.807) is 0 Å². The normalized spacial score (nSPS) is 19.1. The molecule has 3 nitrogen and oxygen atoms in total. The van der Waals surface area contributed by atoms with Crippen LogP contribution in [0.15, 0.2) is 42.5 Å². The maximum Gasteiger partial charge on any atom is 0.316 e. The molecular formula is C29H46O3. The third kappa shape index (κ3) is 10.8. The second kappa shape index (κ2) is 16.9. The maximum atomic E-state index is 12.0. The van der Waals surface area contributed by atoms with Crippen molar-refractivity contribution in [2.24, 2.45) is 5.92 Å². The van der Waals surface area contributed by atoms with Gasteiger partial charge in [-0.15, -0.1) is 0 Å². The molecular weight excluding hydrogens is 396 g/mol. The molecule has 3 heteroatoms. The molecule has 0 unspecified atom stereocenters. The van der Waals surface area contributed by atoms with Crippen molar-refractivity contribution in [3.8, 4) is 0 Å². The standard InChI is InChI=1S/C29H46O3/c1-3-5-7-9-10-11-12-13-17-21-26(31-24-25-19-15-14-16-20-25)23-28-27(29(30)32-28)22-18-8-6-4-2/h14-16,18-20,22,26-28H,3-13,17,21,23-24H2,1-2H3/b22-18-/t26-,27+,28+/m1/s1. The van der Waals surface area contributed by atoms with Gasteiger partial charge >= 0.3 is 5.97 Å². The van der Waals surface area contributed by atoms with E-state index in [9.17, 15) is 4.79 Å². The Bertz CT molecular complexity index is 625. The number of allylic oxidation sites excluding steroid dienone is 1. The number of cyclic esters (lactones) is 1. The number of carbonyl (C=O) groups excluding carboxylic acids is 1. The molecule has 1 aromatic carbocycles. The lowest BCUT2D eigenvalue weighted by Crippen LogP contribution is -2.46. The first-order valence-corrected chi connectivity index (χ1v) is 13.3. The molecule has 0 aliphatic carbocycles. The Hall–Kier alpha value is -1.61. The lowest BCUT2D eigenvalue weighted by molar-refractivity contribution is -0.183. The number of unbranched alkanes of at least 4 members (excludes halogenated alkanes) is 10. The van der Waals surface area contributed by atoms with Crippen molar-refractivity contribution >= 4 is 5.97 Å². The molecule has 1 aliphatic heterocycles. The second-order valence-corrected chi connectivity index (χ2v) is 9.34.